The molecule has 2 aromatic heterocycles. The zero-order valence-electron chi connectivity index (χ0n) is 18.2. The second-order valence-corrected chi connectivity index (χ2v) is 9.09. The molecule has 0 amide bonds. The molecule has 0 saturated carbocycles. The van der Waals surface area contributed by atoms with E-state index in [0.29, 0.717) is 58.8 Å². The minimum absolute atomic E-state index is 0. The van der Waals surface area contributed by atoms with Gasteiger partial charge >= 0.3 is 0 Å². The number of aliphatic imine (C=N–C) groups is 1. The minimum atomic E-state index is -1.58. The van der Waals surface area contributed by atoms with Crippen LogP contribution in [0.2, 0.25) is 10.0 Å². The second kappa shape index (κ2) is 9.53. The molecule has 0 bridgehead atoms. The lowest BCUT2D eigenvalue weighted by molar-refractivity contribution is -0.569. The largest absolute Gasteiger partial charge is 0.384 e. The average molecular weight is 540 g/mol. The van der Waals surface area contributed by atoms with E-state index >= 15 is 0 Å². The molecule has 1 saturated heterocycles. The number of halogens is 3. The first kappa shape index (κ1) is 25.0. The van der Waals surface area contributed by atoms with Crippen LogP contribution >= 0.6 is 35.6 Å². The van der Waals surface area contributed by atoms with Crippen molar-refractivity contribution < 1.29 is 4.92 Å². The maximum Gasteiger partial charge on any atom is 0.279 e. The summed E-state index contributed by atoms with van der Waals surface area (Å²) in [4.78, 5) is 22.7. The van der Waals surface area contributed by atoms with Crippen molar-refractivity contribution in [3.8, 4) is 11.4 Å². The highest BCUT2D eigenvalue weighted by atomic mass is 35.5. The summed E-state index contributed by atoms with van der Waals surface area (Å²) in [5.74, 6) is 0.567. The number of fused-ring (bicyclic) bond motifs is 1. The smallest absolute Gasteiger partial charge is 0.279 e. The van der Waals surface area contributed by atoms with E-state index in [9.17, 15) is 10.1 Å². The highest BCUT2D eigenvalue weighted by molar-refractivity contribution is 6.36. The lowest BCUT2D eigenvalue weighted by Crippen LogP contribution is -2.61. The molecule has 5 rings (SSSR count). The number of benzene rings is 1. The van der Waals surface area contributed by atoms with E-state index in [4.69, 9.17) is 39.7 Å². The Morgan fingerprint density at radius 3 is 2.80 bits per heavy atom. The maximum absolute atomic E-state index is 12.3. The highest BCUT2D eigenvalue weighted by Crippen LogP contribution is 2.37. The molecule has 3 unspecified atom stereocenters. The normalized spacial score (nSPS) is 24.2. The first-order valence-electron chi connectivity index (χ1n) is 10.5. The zero-order chi connectivity index (χ0) is 24.0. The SMILES string of the molecule is Cl.NC1=NC(N)C(C2CCCN(c3nc(-c4ccc(Cl)cc4Cl)nn4cnnc34)C2)([N+](=O)[O-])C=C1. The molecule has 3 aromatic rings. The molecule has 35 heavy (non-hydrogen) atoms. The molecule has 1 aromatic carbocycles. The number of nitro groups is 1. The van der Waals surface area contributed by atoms with Crippen LogP contribution < -0.4 is 16.4 Å². The zero-order valence-corrected chi connectivity index (χ0v) is 20.5. The molecule has 184 valence electrons. The number of hydrogen-bond donors (Lipinski definition) is 2. The number of nitrogens with two attached hydrogens (primary N) is 2. The molecule has 12 nitrogen and oxygen atoms in total. The van der Waals surface area contributed by atoms with Crippen molar-refractivity contribution in [3.63, 3.8) is 0 Å². The summed E-state index contributed by atoms with van der Waals surface area (Å²) >= 11 is 12.4. The summed E-state index contributed by atoms with van der Waals surface area (Å²) in [6.07, 6.45) is 4.56. The van der Waals surface area contributed by atoms with Crippen molar-refractivity contribution in [1.82, 2.24) is 24.8 Å². The van der Waals surface area contributed by atoms with Gasteiger partial charge in [0, 0.05) is 28.6 Å². The molecule has 2 aliphatic rings. The van der Waals surface area contributed by atoms with E-state index in [-0.39, 0.29) is 23.2 Å². The predicted octanol–water partition coefficient (Wildman–Crippen LogP) is 2.36. The van der Waals surface area contributed by atoms with Crippen molar-refractivity contribution in [2.45, 2.75) is 24.5 Å². The molecular formula is C20H21Cl3N10O2. The molecule has 15 heteroatoms. The van der Waals surface area contributed by atoms with Crippen LogP contribution in [0.25, 0.3) is 17.0 Å². The number of piperidine rings is 1. The van der Waals surface area contributed by atoms with Crippen molar-refractivity contribution in [2.24, 2.45) is 22.4 Å². The van der Waals surface area contributed by atoms with Crippen LogP contribution in [0.1, 0.15) is 12.8 Å². The van der Waals surface area contributed by atoms with Gasteiger partial charge in [-0.3, -0.25) is 10.1 Å². The van der Waals surface area contributed by atoms with Crippen molar-refractivity contribution >= 4 is 52.9 Å². The Bertz CT molecular complexity index is 1350. The summed E-state index contributed by atoms with van der Waals surface area (Å²) in [5, 5.41) is 25.8. The van der Waals surface area contributed by atoms with Crippen molar-refractivity contribution in [1.29, 1.82) is 0 Å². The van der Waals surface area contributed by atoms with E-state index in [1.165, 1.54) is 23.0 Å². The number of aromatic nitrogens is 5. The predicted molar refractivity (Wildman–Crippen MR) is 135 cm³/mol. The third-order valence-corrected chi connectivity index (χ3v) is 6.84. The fraction of sp³-hybridized carbons (Fsp3) is 0.350. The number of anilines is 1. The van der Waals surface area contributed by atoms with Gasteiger partial charge in [-0.25, -0.2) is 9.98 Å². The topological polar surface area (TPSA) is 167 Å². The van der Waals surface area contributed by atoms with Gasteiger partial charge in [-0.05, 0) is 43.2 Å². The van der Waals surface area contributed by atoms with E-state index < -0.39 is 17.6 Å². The summed E-state index contributed by atoms with van der Waals surface area (Å²) in [5.41, 5.74) is 11.3. The number of amidine groups is 1. The molecule has 1 fully saturated rings. The third-order valence-electron chi connectivity index (χ3n) is 6.29. The van der Waals surface area contributed by atoms with Crippen LogP contribution in [-0.2, 0) is 0 Å². The molecule has 3 atom stereocenters. The van der Waals surface area contributed by atoms with Crippen LogP contribution in [0.4, 0.5) is 5.82 Å². The first-order valence-corrected chi connectivity index (χ1v) is 11.3. The van der Waals surface area contributed by atoms with Gasteiger partial charge in [0.2, 0.25) is 5.65 Å². The monoisotopic (exact) mass is 538 g/mol. The molecule has 2 aliphatic heterocycles. The van der Waals surface area contributed by atoms with Crippen molar-refractivity contribution in [3.05, 3.63) is 56.8 Å². The van der Waals surface area contributed by atoms with Crippen LogP contribution in [0, 0.1) is 16.0 Å². The quantitative estimate of drug-likeness (QED) is 0.373. The highest BCUT2D eigenvalue weighted by Gasteiger charge is 2.56. The Hall–Kier alpha value is -3.06. The summed E-state index contributed by atoms with van der Waals surface area (Å²) in [6.45, 7) is 0.920. The molecule has 4 N–H and O–H groups in total. The van der Waals surface area contributed by atoms with Gasteiger partial charge in [0.25, 0.3) is 5.54 Å². The molecule has 0 spiro atoms. The lowest BCUT2D eigenvalue weighted by atomic mass is 9.76. The second-order valence-electron chi connectivity index (χ2n) is 8.24. The van der Waals surface area contributed by atoms with Crippen LogP contribution in [-0.4, -0.2) is 60.3 Å². The van der Waals surface area contributed by atoms with Gasteiger partial charge in [-0.15, -0.1) is 27.7 Å². The van der Waals surface area contributed by atoms with Crippen LogP contribution in [0.5, 0.6) is 0 Å². The Balaban J connectivity index is 0.00000289. The van der Waals surface area contributed by atoms with Gasteiger partial charge in [0.15, 0.2) is 17.8 Å². The number of nitrogens with zero attached hydrogens (tertiary/aromatic N) is 8. The molecule has 4 heterocycles. The maximum atomic E-state index is 12.3. The van der Waals surface area contributed by atoms with E-state index in [1.54, 1.807) is 18.2 Å². The molecule has 0 aliphatic carbocycles. The number of rotatable bonds is 4. The third kappa shape index (κ3) is 4.27. The van der Waals surface area contributed by atoms with Gasteiger partial charge in [0.1, 0.15) is 12.2 Å². The first-order chi connectivity index (χ1) is 16.3. The van der Waals surface area contributed by atoms with Crippen LogP contribution in [0.3, 0.4) is 0 Å². The Morgan fingerprint density at radius 1 is 1.29 bits per heavy atom. The Kier molecular flexibility index (Phi) is 6.82. The van der Waals surface area contributed by atoms with Gasteiger partial charge < -0.3 is 16.4 Å². The molecule has 0 radical (unpaired) electrons. The van der Waals surface area contributed by atoms with Gasteiger partial charge in [-0.1, -0.05) is 23.2 Å². The van der Waals surface area contributed by atoms with E-state index in [2.05, 4.69) is 20.3 Å². The van der Waals surface area contributed by atoms with E-state index in [1.807, 2.05) is 4.90 Å². The summed E-state index contributed by atoms with van der Waals surface area (Å²) < 4.78 is 1.51. The standard InChI is InChI=1S/C20H20Cl2N10O2.ClH/c21-12-3-4-13(14(22)8-12)16-27-17(18-28-25-10-31(18)29-16)30-7-1-2-11(9-30)20(32(33)34)6-5-15(23)26-19(20)24;/h3-6,8,10-11,19H,1-2,7,9,24H2,(H2,23,26);1H. The van der Waals surface area contributed by atoms with Crippen LogP contribution in [0.15, 0.2) is 41.7 Å². The van der Waals surface area contributed by atoms with E-state index in [0.717, 1.165) is 0 Å². The Labute approximate surface area is 215 Å². The summed E-state index contributed by atoms with van der Waals surface area (Å²) in [6, 6.07) is 5.04. The number of dihydropyridines is 1. The van der Waals surface area contributed by atoms with Crippen molar-refractivity contribution in [2.75, 3.05) is 18.0 Å². The fourth-order valence-electron chi connectivity index (χ4n) is 4.59. The fourth-order valence-corrected chi connectivity index (χ4v) is 5.08. The average Bonchev–Trinajstić information content (AvgIpc) is 3.27. The lowest BCUT2D eigenvalue weighted by Gasteiger charge is -2.41. The number of hydrogen-bond acceptors (Lipinski definition) is 10. The summed E-state index contributed by atoms with van der Waals surface area (Å²) in [7, 11) is 0. The minimum Gasteiger partial charge on any atom is -0.384 e. The van der Waals surface area contributed by atoms with Gasteiger partial charge in [0.05, 0.1) is 10.9 Å². The molecular weight excluding hydrogens is 519 g/mol. The Morgan fingerprint density at radius 2 is 2.09 bits per heavy atom. The van der Waals surface area contributed by atoms with Gasteiger partial charge in [-0.2, -0.15) is 4.52 Å².